The third-order valence-corrected chi connectivity index (χ3v) is 8.44. The number of anilines is 3. The molecule has 1 nitrogen and oxygen atoms in total. The molecule has 1 aliphatic rings. The first-order valence-electron chi connectivity index (χ1n) is 16.3. The summed E-state index contributed by atoms with van der Waals surface area (Å²) in [4.78, 5) is 2.34. The number of allylic oxidation sites excluding steroid dienone is 5. The molecule has 0 heterocycles. The molecule has 1 aliphatic carbocycles. The minimum absolute atomic E-state index is 1.11. The number of rotatable bonds is 9. The van der Waals surface area contributed by atoms with Gasteiger partial charge in [-0.25, -0.2) is 0 Å². The summed E-state index contributed by atoms with van der Waals surface area (Å²) in [6.45, 7) is 0. The first-order chi connectivity index (χ1) is 23.3. The molecule has 7 rings (SSSR count). The maximum atomic E-state index is 2.34. The van der Waals surface area contributed by atoms with Crippen LogP contribution in [-0.4, -0.2) is 0 Å². The zero-order valence-electron chi connectivity index (χ0n) is 26.4. The van der Waals surface area contributed by atoms with E-state index in [4.69, 9.17) is 0 Å². The molecule has 0 N–H and O–H groups in total. The summed E-state index contributed by atoms with van der Waals surface area (Å²) in [6.07, 6.45) is 22.1. The molecule has 0 radical (unpaired) electrons. The van der Waals surface area contributed by atoms with E-state index in [1.807, 2.05) is 12.1 Å². The largest absolute Gasteiger partial charge is 0.310 e. The molecule has 1 heteroatoms. The standard InChI is InChI=1S/C46H37N/c1-4-10-36(11-5-1)16-18-39-23-29-44(30-24-39)47(45-31-25-40(26-32-45)19-17-37-12-6-2-7-13-37)46-33-28-42-34-41(22-27-43(42)35-46)21-20-38-14-8-3-9-15-38/h1,3-6,8-35H,2,7H2/b18-16+,19-17+,21-20+. The molecule has 0 bridgehead atoms. The van der Waals surface area contributed by atoms with Crippen LogP contribution in [0.4, 0.5) is 17.1 Å². The molecular formula is C46H37N. The molecule has 6 aromatic rings. The Kier molecular flexibility index (Phi) is 9.15. The van der Waals surface area contributed by atoms with E-state index in [9.17, 15) is 0 Å². The van der Waals surface area contributed by atoms with Crippen molar-refractivity contribution in [1.82, 2.24) is 0 Å². The van der Waals surface area contributed by atoms with Gasteiger partial charge in [0, 0.05) is 17.1 Å². The van der Waals surface area contributed by atoms with E-state index in [0.29, 0.717) is 0 Å². The van der Waals surface area contributed by atoms with E-state index in [1.165, 1.54) is 44.2 Å². The molecule has 0 atom stereocenters. The number of benzene rings is 6. The van der Waals surface area contributed by atoms with Gasteiger partial charge in [0.1, 0.15) is 0 Å². The molecule has 0 unspecified atom stereocenters. The Balaban J connectivity index is 1.19. The molecule has 0 saturated heterocycles. The Bertz CT molecular complexity index is 2090. The maximum Gasteiger partial charge on any atom is 0.0468 e. The smallest absolute Gasteiger partial charge is 0.0468 e. The second kappa shape index (κ2) is 14.5. The zero-order valence-corrected chi connectivity index (χ0v) is 26.4. The van der Waals surface area contributed by atoms with Gasteiger partial charge in [0.2, 0.25) is 0 Å². The third-order valence-electron chi connectivity index (χ3n) is 8.44. The van der Waals surface area contributed by atoms with Gasteiger partial charge >= 0.3 is 0 Å². The van der Waals surface area contributed by atoms with Crippen molar-refractivity contribution in [2.45, 2.75) is 12.8 Å². The van der Waals surface area contributed by atoms with Crippen molar-refractivity contribution in [1.29, 1.82) is 0 Å². The average Bonchev–Trinajstić information content (AvgIpc) is 3.14. The van der Waals surface area contributed by atoms with E-state index < -0.39 is 0 Å². The summed E-state index contributed by atoms with van der Waals surface area (Å²) in [6, 6.07) is 51.9. The molecule has 226 valence electrons. The van der Waals surface area contributed by atoms with Gasteiger partial charge in [0.25, 0.3) is 0 Å². The maximum absolute atomic E-state index is 2.34. The lowest BCUT2D eigenvalue weighted by molar-refractivity contribution is 1.03. The fraction of sp³-hybridized carbons (Fsp3) is 0.0435. The van der Waals surface area contributed by atoms with E-state index in [0.717, 1.165) is 29.9 Å². The Labute approximate surface area is 278 Å². The van der Waals surface area contributed by atoms with Crippen LogP contribution in [0.25, 0.3) is 41.2 Å². The summed E-state index contributed by atoms with van der Waals surface area (Å²) in [5.74, 6) is 0. The topological polar surface area (TPSA) is 3.24 Å². The van der Waals surface area contributed by atoms with Crippen LogP contribution >= 0.6 is 0 Å². The van der Waals surface area contributed by atoms with Gasteiger partial charge in [-0.05, 0) is 99.5 Å². The van der Waals surface area contributed by atoms with Crippen LogP contribution in [0.1, 0.15) is 40.7 Å². The highest BCUT2D eigenvalue weighted by Crippen LogP contribution is 2.37. The molecular weight excluding hydrogens is 567 g/mol. The predicted octanol–water partition coefficient (Wildman–Crippen LogP) is 12.9. The Morgan fingerprint density at radius 2 is 0.851 bits per heavy atom. The van der Waals surface area contributed by atoms with Crippen molar-refractivity contribution in [3.05, 3.63) is 203 Å². The molecule has 0 aromatic heterocycles. The van der Waals surface area contributed by atoms with Gasteiger partial charge in [0.05, 0.1) is 0 Å². The van der Waals surface area contributed by atoms with Gasteiger partial charge < -0.3 is 4.90 Å². The van der Waals surface area contributed by atoms with Crippen molar-refractivity contribution in [2.75, 3.05) is 4.90 Å². The number of hydrogen-bond donors (Lipinski definition) is 0. The van der Waals surface area contributed by atoms with Gasteiger partial charge in [-0.3, -0.25) is 0 Å². The van der Waals surface area contributed by atoms with E-state index in [2.05, 4.69) is 193 Å². The van der Waals surface area contributed by atoms with Gasteiger partial charge in [0.15, 0.2) is 0 Å². The van der Waals surface area contributed by atoms with Crippen molar-refractivity contribution in [2.24, 2.45) is 0 Å². The van der Waals surface area contributed by atoms with Crippen LogP contribution in [-0.2, 0) is 0 Å². The highest BCUT2D eigenvalue weighted by atomic mass is 15.1. The summed E-state index contributed by atoms with van der Waals surface area (Å²) < 4.78 is 0. The van der Waals surface area contributed by atoms with Crippen LogP contribution in [0.15, 0.2) is 175 Å². The molecule has 0 amide bonds. The summed E-state index contributed by atoms with van der Waals surface area (Å²) in [7, 11) is 0. The Morgan fingerprint density at radius 1 is 0.383 bits per heavy atom. The minimum atomic E-state index is 1.11. The summed E-state index contributed by atoms with van der Waals surface area (Å²) in [5.41, 5.74) is 10.6. The monoisotopic (exact) mass is 603 g/mol. The van der Waals surface area contributed by atoms with Crippen molar-refractivity contribution >= 4 is 58.2 Å². The van der Waals surface area contributed by atoms with Gasteiger partial charge in [-0.2, -0.15) is 0 Å². The van der Waals surface area contributed by atoms with Crippen molar-refractivity contribution in [3.8, 4) is 0 Å². The molecule has 6 aromatic carbocycles. The lowest BCUT2D eigenvalue weighted by atomic mass is 10.0. The Morgan fingerprint density at radius 3 is 1.43 bits per heavy atom. The van der Waals surface area contributed by atoms with E-state index in [-0.39, 0.29) is 0 Å². The fourth-order valence-electron chi connectivity index (χ4n) is 5.87. The van der Waals surface area contributed by atoms with Crippen molar-refractivity contribution in [3.63, 3.8) is 0 Å². The summed E-state index contributed by atoms with van der Waals surface area (Å²) in [5, 5.41) is 2.43. The second-order valence-electron chi connectivity index (χ2n) is 11.8. The zero-order chi connectivity index (χ0) is 31.7. The van der Waals surface area contributed by atoms with Crippen LogP contribution in [0.3, 0.4) is 0 Å². The minimum Gasteiger partial charge on any atom is -0.310 e. The van der Waals surface area contributed by atoms with Crippen molar-refractivity contribution < 1.29 is 0 Å². The van der Waals surface area contributed by atoms with Crippen LogP contribution in [0, 0.1) is 0 Å². The van der Waals surface area contributed by atoms with Gasteiger partial charge in [-0.1, -0.05) is 158 Å². The van der Waals surface area contributed by atoms with E-state index >= 15 is 0 Å². The molecule has 0 spiro atoms. The quantitative estimate of drug-likeness (QED) is 0.149. The summed E-state index contributed by atoms with van der Waals surface area (Å²) >= 11 is 0. The van der Waals surface area contributed by atoms with E-state index in [1.54, 1.807) is 0 Å². The predicted molar refractivity (Wildman–Crippen MR) is 205 cm³/mol. The first kappa shape index (κ1) is 29.8. The average molecular weight is 604 g/mol. The normalized spacial score (nSPS) is 13.1. The molecule has 0 fully saturated rings. The second-order valence-corrected chi connectivity index (χ2v) is 11.8. The van der Waals surface area contributed by atoms with Gasteiger partial charge in [-0.15, -0.1) is 0 Å². The highest BCUT2D eigenvalue weighted by molar-refractivity contribution is 5.91. The molecule has 0 saturated carbocycles. The Hall–Kier alpha value is -5.92. The number of nitrogens with zero attached hydrogens (tertiary/aromatic N) is 1. The lowest BCUT2D eigenvalue weighted by Crippen LogP contribution is -2.09. The molecule has 47 heavy (non-hydrogen) atoms. The lowest BCUT2D eigenvalue weighted by Gasteiger charge is -2.26. The third kappa shape index (κ3) is 7.66. The first-order valence-corrected chi connectivity index (χ1v) is 16.3. The highest BCUT2D eigenvalue weighted by Gasteiger charge is 2.13. The van der Waals surface area contributed by atoms with Crippen LogP contribution in [0.2, 0.25) is 0 Å². The number of hydrogen-bond acceptors (Lipinski definition) is 1. The SMILES string of the molecule is C1=CC(/C=C/c2ccc(N(c3ccc(/C=C/c4ccccc4)cc3)c3ccc4cc(/C=C/c5ccccc5)ccc4c3)cc2)=CCC1. The van der Waals surface area contributed by atoms with Crippen LogP contribution in [0.5, 0.6) is 0 Å². The fourth-order valence-corrected chi connectivity index (χ4v) is 5.87. The molecule has 0 aliphatic heterocycles. The van der Waals surface area contributed by atoms with Crippen LogP contribution < -0.4 is 4.90 Å². The number of fused-ring (bicyclic) bond motifs is 1.